The van der Waals surface area contributed by atoms with E-state index in [1.54, 1.807) is 37.1 Å². The van der Waals surface area contributed by atoms with Gasteiger partial charge in [0.2, 0.25) is 0 Å². The van der Waals surface area contributed by atoms with Gasteiger partial charge in [-0.15, -0.1) is 0 Å². The molecule has 45 heavy (non-hydrogen) atoms. The Kier molecular flexibility index (Phi) is 11.0. The minimum absolute atomic E-state index is 0.0167. The predicted octanol–water partition coefficient (Wildman–Crippen LogP) is 5.79. The first-order valence-electron chi connectivity index (χ1n) is 14.9. The van der Waals surface area contributed by atoms with E-state index in [2.05, 4.69) is 28.3 Å². The Balaban J connectivity index is 1.35. The summed E-state index contributed by atoms with van der Waals surface area (Å²) in [5.41, 5.74) is 5.62. The van der Waals surface area contributed by atoms with Crippen molar-refractivity contribution in [3.05, 3.63) is 114 Å². The standard InChI is InChI=1S/C35H37N3O6S/c1-22-31(21-45-35-36-15-6-16-37-35)43-34(44-32(22)27-13-11-25(20-39)12-14-27)30-10-5-9-29(18-30)28-8-4-7-26(17-28)19-38-33(41)23(2)42-24(3)40/h4-18,22-23,31-32,34,39H,19-21H2,1-3H3,(H,38,41)/t22-,23+,31+,32+,34+/m1/s1. The fraction of sp³-hybridized carbons (Fsp3) is 0.314. The lowest BCUT2D eigenvalue weighted by Crippen LogP contribution is -2.38. The average Bonchev–Trinajstić information content (AvgIpc) is 3.07. The van der Waals surface area contributed by atoms with Gasteiger partial charge in [-0.25, -0.2) is 9.97 Å². The van der Waals surface area contributed by atoms with Crippen LogP contribution in [-0.4, -0.2) is 44.9 Å². The Morgan fingerprint density at radius 3 is 2.36 bits per heavy atom. The Hall–Kier alpha value is -4.09. The van der Waals surface area contributed by atoms with Crippen molar-refractivity contribution in [2.24, 2.45) is 5.92 Å². The average molecular weight is 628 g/mol. The van der Waals surface area contributed by atoms with Gasteiger partial charge in [-0.3, -0.25) is 9.59 Å². The minimum atomic E-state index is -0.862. The van der Waals surface area contributed by atoms with Crippen molar-refractivity contribution in [1.29, 1.82) is 0 Å². The molecular formula is C35H37N3O6S. The molecule has 1 amide bonds. The van der Waals surface area contributed by atoms with Crippen molar-refractivity contribution in [2.75, 3.05) is 5.75 Å². The number of rotatable bonds is 11. The highest BCUT2D eigenvalue weighted by Crippen LogP contribution is 2.43. The molecule has 0 unspecified atom stereocenters. The van der Waals surface area contributed by atoms with Crippen LogP contribution < -0.4 is 5.32 Å². The molecule has 234 valence electrons. The van der Waals surface area contributed by atoms with Crippen LogP contribution >= 0.6 is 11.8 Å². The first-order chi connectivity index (χ1) is 21.8. The number of thioether (sulfide) groups is 1. The summed E-state index contributed by atoms with van der Waals surface area (Å²) in [6.07, 6.45) is 1.61. The molecule has 1 aliphatic heterocycles. The Morgan fingerprint density at radius 1 is 0.933 bits per heavy atom. The molecule has 3 aromatic carbocycles. The number of aromatic nitrogens is 2. The van der Waals surface area contributed by atoms with Crippen molar-refractivity contribution < 1.29 is 28.9 Å². The molecule has 0 radical (unpaired) electrons. The third-order valence-electron chi connectivity index (χ3n) is 7.64. The molecule has 10 heteroatoms. The first kappa shape index (κ1) is 32.3. The molecule has 0 aliphatic carbocycles. The van der Waals surface area contributed by atoms with Gasteiger partial charge in [0.15, 0.2) is 17.6 Å². The molecule has 5 atom stereocenters. The Bertz CT molecular complexity index is 1590. The normalized spacial score (nSPS) is 20.3. The summed E-state index contributed by atoms with van der Waals surface area (Å²) in [4.78, 5) is 32.2. The smallest absolute Gasteiger partial charge is 0.303 e. The van der Waals surface area contributed by atoms with Crippen LogP contribution in [0.4, 0.5) is 0 Å². The molecule has 0 spiro atoms. The number of nitrogens with one attached hydrogen (secondary N) is 1. The number of hydrogen-bond acceptors (Lipinski definition) is 9. The second-order valence-electron chi connectivity index (χ2n) is 11.0. The van der Waals surface area contributed by atoms with Crippen LogP contribution in [0.5, 0.6) is 0 Å². The van der Waals surface area contributed by atoms with Gasteiger partial charge in [-0.1, -0.05) is 79.3 Å². The lowest BCUT2D eigenvalue weighted by Gasteiger charge is -2.41. The summed E-state index contributed by atoms with van der Waals surface area (Å²) in [5, 5.41) is 13.1. The number of aliphatic hydroxyl groups excluding tert-OH is 1. The van der Waals surface area contributed by atoms with Crippen LogP contribution in [0.15, 0.2) is 96.4 Å². The number of aliphatic hydroxyl groups is 1. The zero-order valence-electron chi connectivity index (χ0n) is 25.5. The zero-order chi connectivity index (χ0) is 31.8. The monoisotopic (exact) mass is 627 g/mol. The second kappa shape index (κ2) is 15.3. The van der Waals surface area contributed by atoms with Crippen LogP contribution in [0.3, 0.4) is 0 Å². The second-order valence-corrected chi connectivity index (χ2v) is 11.9. The first-order valence-corrected chi connectivity index (χ1v) is 15.8. The molecule has 0 bridgehead atoms. The molecule has 0 saturated carbocycles. The van der Waals surface area contributed by atoms with E-state index in [-0.39, 0.29) is 30.6 Å². The summed E-state index contributed by atoms with van der Waals surface area (Å²) < 4.78 is 18.2. The number of esters is 1. The highest BCUT2D eigenvalue weighted by atomic mass is 32.2. The topological polar surface area (TPSA) is 120 Å². The Labute approximate surface area is 267 Å². The maximum atomic E-state index is 12.3. The van der Waals surface area contributed by atoms with Crippen molar-refractivity contribution in [2.45, 2.75) is 63.7 Å². The maximum Gasteiger partial charge on any atom is 0.303 e. The van der Waals surface area contributed by atoms with Crippen LogP contribution in [0, 0.1) is 5.92 Å². The summed E-state index contributed by atoms with van der Waals surface area (Å²) in [6, 6.07) is 25.6. The molecule has 4 aromatic rings. The van der Waals surface area contributed by atoms with E-state index in [1.807, 2.05) is 66.7 Å². The van der Waals surface area contributed by atoms with Gasteiger partial charge >= 0.3 is 5.97 Å². The zero-order valence-corrected chi connectivity index (χ0v) is 26.3. The van der Waals surface area contributed by atoms with E-state index in [9.17, 15) is 14.7 Å². The summed E-state index contributed by atoms with van der Waals surface area (Å²) in [6.45, 7) is 5.23. The fourth-order valence-electron chi connectivity index (χ4n) is 5.19. The number of amides is 1. The highest BCUT2D eigenvalue weighted by molar-refractivity contribution is 7.99. The summed E-state index contributed by atoms with van der Waals surface area (Å²) in [5.74, 6) is -0.164. The van der Waals surface area contributed by atoms with Gasteiger partial charge in [-0.2, -0.15) is 0 Å². The predicted molar refractivity (Wildman–Crippen MR) is 171 cm³/mol. The van der Waals surface area contributed by atoms with E-state index < -0.39 is 18.4 Å². The van der Waals surface area contributed by atoms with Gasteiger partial charge in [0.1, 0.15) is 0 Å². The van der Waals surface area contributed by atoms with Crippen molar-refractivity contribution in [3.63, 3.8) is 0 Å². The molecule has 2 heterocycles. The van der Waals surface area contributed by atoms with E-state index in [4.69, 9.17) is 14.2 Å². The molecule has 1 fully saturated rings. The summed E-state index contributed by atoms with van der Waals surface area (Å²) >= 11 is 1.55. The minimum Gasteiger partial charge on any atom is -0.453 e. The fourth-order valence-corrected chi connectivity index (χ4v) is 6.15. The van der Waals surface area contributed by atoms with Crippen LogP contribution in [0.25, 0.3) is 11.1 Å². The summed E-state index contributed by atoms with van der Waals surface area (Å²) in [7, 11) is 0. The molecular weight excluding hydrogens is 590 g/mol. The largest absolute Gasteiger partial charge is 0.453 e. The van der Waals surface area contributed by atoms with E-state index in [0.717, 1.165) is 33.4 Å². The molecule has 1 aromatic heterocycles. The number of carbonyl (C=O) groups is 2. The number of ether oxygens (including phenoxy) is 3. The van der Waals surface area contributed by atoms with Gasteiger partial charge < -0.3 is 24.6 Å². The van der Waals surface area contributed by atoms with Gasteiger partial charge in [0.25, 0.3) is 5.91 Å². The van der Waals surface area contributed by atoms with Crippen molar-refractivity contribution >= 4 is 23.6 Å². The quantitative estimate of drug-likeness (QED) is 0.121. The molecule has 9 nitrogen and oxygen atoms in total. The lowest BCUT2D eigenvalue weighted by molar-refractivity contribution is -0.268. The maximum absolute atomic E-state index is 12.3. The number of carbonyl (C=O) groups excluding carboxylic acids is 2. The van der Waals surface area contributed by atoms with E-state index >= 15 is 0 Å². The number of nitrogens with zero attached hydrogens (tertiary/aromatic N) is 2. The van der Waals surface area contributed by atoms with Crippen LogP contribution in [0.2, 0.25) is 0 Å². The Morgan fingerprint density at radius 2 is 1.64 bits per heavy atom. The lowest BCUT2D eigenvalue weighted by atomic mass is 9.91. The third kappa shape index (κ3) is 8.55. The number of hydrogen-bond donors (Lipinski definition) is 2. The van der Waals surface area contributed by atoms with Crippen molar-refractivity contribution in [3.8, 4) is 11.1 Å². The molecule has 5 rings (SSSR count). The van der Waals surface area contributed by atoms with Gasteiger partial charge in [0, 0.05) is 43.1 Å². The van der Waals surface area contributed by atoms with Crippen LogP contribution in [0.1, 0.15) is 55.4 Å². The molecule has 1 saturated heterocycles. The van der Waals surface area contributed by atoms with Crippen LogP contribution in [-0.2, 0) is 37.0 Å². The third-order valence-corrected chi connectivity index (χ3v) is 8.60. The van der Waals surface area contributed by atoms with Gasteiger partial charge in [-0.05, 0) is 52.9 Å². The highest BCUT2D eigenvalue weighted by Gasteiger charge is 2.38. The SMILES string of the molecule is CC(=O)O[C@@H](C)C(=O)NCc1cccc(-c2cccc([C@H]3O[C@@H](CSc4ncccn4)[C@@H](C)[C@@H](c4ccc(CO)cc4)O3)c2)c1. The van der Waals surface area contributed by atoms with E-state index in [0.29, 0.717) is 17.5 Å². The van der Waals surface area contributed by atoms with E-state index in [1.165, 1.54) is 6.92 Å². The van der Waals surface area contributed by atoms with Gasteiger partial charge in [0.05, 0.1) is 18.8 Å². The number of benzene rings is 3. The van der Waals surface area contributed by atoms with Crippen molar-refractivity contribution in [1.82, 2.24) is 15.3 Å². The molecule has 2 N–H and O–H groups in total. The molecule has 1 aliphatic rings.